The summed E-state index contributed by atoms with van der Waals surface area (Å²) in [7, 11) is 0. The molecule has 1 amide bonds. The second-order valence-electron chi connectivity index (χ2n) is 7.05. The first kappa shape index (κ1) is 19.3. The second kappa shape index (κ2) is 8.16. The molecule has 0 spiro atoms. The van der Waals surface area contributed by atoms with Crippen LogP contribution in [-0.4, -0.2) is 26.1 Å². The van der Waals surface area contributed by atoms with Crippen LogP contribution < -0.4 is 5.32 Å². The van der Waals surface area contributed by atoms with E-state index in [9.17, 15) is 4.79 Å². The predicted octanol–water partition coefficient (Wildman–Crippen LogP) is 4.50. The van der Waals surface area contributed by atoms with Crippen LogP contribution in [0.4, 0.5) is 5.69 Å². The van der Waals surface area contributed by atoms with Gasteiger partial charge in [-0.2, -0.15) is 4.68 Å². The third-order valence-electron chi connectivity index (χ3n) is 4.70. The Morgan fingerprint density at radius 1 is 1.03 bits per heavy atom. The molecule has 0 aliphatic heterocycles. The van der Waals surface area contributed by atoms with E-state index in [-0.39, 0.29) is 11.6 Å². The van der Waals surface area contributed by atoms with Crippen LogP contribution in [0.5, 0.6) is 0 Å². The number of aryl methyl sites for hydroxylation is 3. The fraction of sp³-hybridized carbons (Fsp3) is 0.130. The van der Waals surface area contributed by atoms with Crippen LogP contribution >= 0.6 is 0 Å². The van der Waals surface area contributed by atoms with Crippen molar-refractivity contribution >= 4 is 23.4 Å². The van der Waals surface area contributed by atoms with Crippen molar-refractivity contribution < 1.29 is 9.21 Å². The number of furan rings is 1. The predicted molar refractivity (Wildman–Crippen MR) is 115 cm³/mol. The average molecular weight is 399 g/mol. The molecule has 0 atom stereocenters. The maximum absolute atomic E-state index is 13.4. The third-order valence-corrected chi connectivity index (χ3v) is 4.70. The van der Waals surface area contributed by atoms with Gasteiger partial charge in [-0.3, -0.25) is 4.79 Å². The van der Waals surface area contributed by atoms with E-state index in [4.69, 9.17) is 4.42 Å². The number of benzene rings is 2. The topological polar surface area (TPSA) is 85.8 Å². The van der Waals surface area contributed by atoms with Crippen molar-refractivity contribution in [2.24, 2.45) is 0 Å². The minimum absolute atomic E-state index is 0.244. The first-order chi connectivity index (χ1) is 14.5. The van der Waals surface area contributed by atoms with E-state index in [2.05, 4.69) is 20.8 Å². The van der Waals surface area contributed by atoms with Gasteiger partial charge in [0.15, 0.2) is 5.82 Å². The summed E-state index contributed by atoms with van der Waals surface area (Å²) in [6.45, 7) is 5.97. The summed E-state index contributed by atoms with van der Waals surface area (Å²) in [6.07, 6.45) is 3.17. The molecule has 0 unspecified atom stereocenters. The molecule has 0 aliphatic carbocycles. The fourth-order valence-electron chi connectivity index (χ4n) is 3.40. The van der Waals surface area contributed by atoms with E-state index < -0.39 is 0 Å². The molecule has 2 aromatic heterocycles. The number of amides is 1. The molecule has 150 valence electrons. The fourth-order valence-corrected chi connectivity index (χ4v) is 3.40. The van der Waals surface area contributed by atoms with E-state index in [1.807, 2.05) is 63.2 Å². The number of carbonyl (C=O) groups excluding carboxylic acids is 1. The number of hydrogen-bond donors (Lipinski definition) is 1. The average Bonchev–Trinajstić information content (AvgIpc) is 3.41. The Kier molecular flexibility index (Phi) is 5.26. The summed E-state index contributed by atoms with van der Waals surface area (Å²) >= 11 is 0. The molecule has 30 heavy (non-hydrogen) atoms. The molecular weight excluding hydrogens is 378 g/mol. The molecule has 7 heteroatoms. The summed E-state index contributed by atoms with van der Waals surface area (Å²) in [5.41, 5.74) is 4.92. The van der Waals surface area contributed by atoms with Crippen molar-refractivity contribution in [2.75, 3.05) is 5.32 Å². The first-order valence-corrected chi connectivity index (χ1v) is 9.51. The normalized spacial score (nSPS) is 11.5. The van der Waals surface area contributed by atoms with Gasteiger partial charge in [0.1, 0.15) is 11.5 Å². The van der Waals surface area contributed by atoms with Crippen molar-refractivity contribution in [3.05, 3.63) is 83.3 Å². The first-order valence-electron chi connectivity index (χ1n) is 9.51. The third kappa shape index (κ3) is 3.91. The molecular formula is C23H21N5O2. The number of hydrogen-bond acceptors (Lipinski definition) is 5. The van der Waals surface area contributed by atoms with Crippen LogP contribution in [0, 0.1) is 20.8 Å². The lowest BCUT2D eigenvalue weighted by molar-refractivity contribution is -0.111. The summed E-state index contributed by atoms with van der Waals surface area (Å²) in [4.78, 5) is 13.4. The second-order valence-corrected chi connectivity index (χ2v) is 7.05. The quantitative estimate of drug-likeness (QED) is 0.500. The van der Waals surface area contributed by atoms with Gasteiger partial charge < -0.3 is 9.73 Å². The Balaban J connectivity index is 1.78. The number of rotatable bonds is 5. The number of nitrogens with one attached hydrogen (secondary N) is 1. The van der Waals surface area contributed by atoms with Crippen molar-refractivity contribution in [2.45, 2.75) is 20.8 Å². The minimum Gasteiger partial charge on any atom is -0.465 e. The number of aromatic nitrogens is 4. The molecule has 0 radical (unpaired) electrons. The van der Waals surface area contributed by atoms with E-state index in [0.29, 0.717) is 11.6 Å². The molecule has 0 bridgehead atoms. The van der Waals surface area contributed by atoms with E-state index in [0.717, 1.165) is 27.9 Å². The highest BCUT2D eigenvalue weighted by molar-refractivity contribution is 6.24. The lowest BCUT2D eigenvalue weighted by Gasteiger charge is -2.15. The Bertz CT molecular complexity index is 1180. The van der Waals surface area contributed by atoms with Gasteiger partial charge in [0.05, 0.1) is 6.26 Å². The number of anilines is 1. The van der Waals surface area contributed by atoms with Crippen molar-refractivity contribution in [1.29, 1.82) is 0 Å². The molecule has 7 nitrogen and oxygen atoms in total. The van der Waals surface area contributed by atoms with Gasteiger partial charge in [0.25, 0.3) is 5.91 Å². The zero-order valence-corrected chi connectivity index (χ0v) is 17.0. The zero-order chi connectivity index (χ0) is 21.1. The molecule has 0 aliphatic rings. The summed E-state index contributed by atoms with van der Waals surface area (Å²) in [5, 5.41) is 15.0. The summed E-state index contributed by atoms with van der Waals surface area (Å²) in [6, 6.07) is 17.1. The van der Waals surface area contributed by atoms with Crippen molar-refractivity contribution in [1.82, 2.24) is 20.2 Å². The van der Waals surface area contributed by atoms with Crippen LogP contribution in [0.2, 0.25) is 0 Å². The van der Waals surface area contributed by atoms with E-state index in [1.165, 1.54) is 4.68 Å². The minimum atomic E-state index is -0.342. The number of tetrazole rings is 1. The highest BCUT2D eigenvalue weighted by atomic mass is 16.3. The Labute approximate surface area is 174 Å². The molecule has 4 aromatic rings. The molecule has 2 aromatic carbocycles. The molecule has 0 saturated heterocycles. The largest absolute Gasteiger partial charge is 0.465 e. The van der Waals surface area contributed by atoms with Crippen LogP contribution in [-0.2, 0) is 4.79 Å². The summed E-state index contributed by atoms with van der Waals surface area (Å²) < 4.78 is 6.86. The number of carbonyl (C=O) groups is 1. The molecule has 0 saturated carbocycles. The van der Waals surface area contributed by atoms with Crippen LogP contribution in [0.15, 0.2) is 65.3 Å². The lowest BCUT2D eigenvalue weighted by Crippen LogP contribution is -2.20. The maximum atomic E-state index is 13.4. The van der Waals surface area contributed by atoms with Gasteiger partial charge >= 0.3 is 0 Å². The van der Waals surface area contributed by atoms with Crippen LogP contribution in [0.3, 0.4) is 0 Å². The molecule has 1 N–H and O–H groups in total. The summed E-state index contributed by atoms with van der Waals surface area (Å²) in [5.74, 6) is 0.638. The lowest BCUT2D eigenvalue weighted by atomic mass is 10.0. The van der Waals surface area contributed by atoms with Crippen LogP contribution in [0.25, 0.3) is 23.2 Å². The van der Waals surface area contributed by atoms with E-state index >= 15 is 0 Å². The highest BCUT2D eigenvalue weighted by Crippen LogP contribution is 2.25. The number of nitrogens with zero attached hydrogens (tertiary/aromatic N) is 4. The Morgan fingerprint density at radius 3 is 2.43 bits per heavy atom. The van der Waals surface area contributed by atoms with Gasteiger partial charge in [-0.1, -0.05) is 48.0 Å². The van der Waals surface area contributed by atoms with Gasteiger partial charge in [-0.25, -0.2) is 0 Å². The van der Waals surface area contributed by atoms with Gasteiger partial charge in [-0.15, -0.1) is 5.10 Å². The highest BCUT2D eigenvalue weighted by Gasteiger charge is 2.21. The van der Waals surface area contributed by atoms with Gasteiger partial charge in [0, 0.05) is 17.3 Å². The SMILES string of the molecule is Cc1cc(C)c(NC(=O)/C(=C/c2ccco2)n2nnnc2-c2ccccc2)c(C)c1. The Morgan fingerprint density at radius 2 is 1.77 bits per heavy atom. The van der Waals surface area contributed by atoms with Gasteiger partial charge in [0.2, 0.25) is 0 Å². The van der Waals surface area contributed by atoms with Crippen molar-refractivity contribution in [3.63, 3.8) is 0 Å². The van der Waals surface area contributed by atoms with Crippen LogP contribution in [0.1, 0.15) is 22.5 Å². The monoisotopic (exact) mass is 399 g/mol. The smallest absolute Gasteiger partial charge is 0.274 e. The standard InChI is InChI=1S/C23H21N5O2/c1-15-12-16(2)21(17(3)13-15)24-23(29)20(14-19-10-7-11-30-19)28-22(25-26-27-28)18-8-5-4-6-9-18/h4-14H,1-3H3,(H,24,29)/b20-14-. The van der Waals surface area contributed by atoms with Crippen molar-refractivity contribution in [3.8, 4) is 11.4 Å². The van der Waals surface area contributed by atoms with Gasteiger partial charge in [-0.05, 0) is 54.5 Å². The molecule has 2 heterocycles. The zero-order valence-electron chi connectivity index (χ0n) is 17.0. The van der Waals surface area contributed by atoms with E-state index in [1.54, 1.807) is 24.5 Å². The maximum Gasteiger partial charge on any atom is 0.274 e. The molecule has 0 fully saturated rings. The molecule has 4 rings (SSSR count). The Hall–Kier alpha value is -4.00.